The molecule has 0 unspecified atom stereocenters. The van der Waals surface area contributed by atoms with Crippen LogP contribution in [0, 0.1) is 6.92 Å². The van der Waals surface area contributed by atoms with Gasteiger partial charge in [-0.3, -0.25) is 9.59 Å². The van der Waals surface area contributed by atoms with E-state index in [1.54, 1.807) is 30.3 Å². The van der Waals surface area contributed by atoms with Crippen molar-refractivity contribution in [2.75, 3.05) is 17.2 Å². The molecular weight excluding hydrogens is 302 g/mol. The minimum absolute atomic E-state index is 0.155. The summed E-state index contributed by atoms with van der Waals surface area (Å²) in [4.78, 5) is 23.7. The zero-order chi connectivity index (χ0) is 16.1. The summed E-state index contributed by atoms with van der Waals surface area (Å²) >= 11 is 5.92. The second kappa shape index (κ2) is 7.06. The second-order valence-electron chi connectivity index (χ2n) is 4.76. The topological polar surface area (TPSA) is 84.2 Å². The van der Waals surface area contributed by atoms with Gasteiger partial charge in [0.1, 0.15) is 0 Å². The van der Waals surface area contributed by atoms with Gasteiger partial charge in [-0.15, -0.1) is 0 Å². The van der Waals surface area contributed by atoms with Crippen LogP contribution in [-0.2, 0) is 4.79 Å². The molecule has 5 nitrogen and oxygen atoms in total. The van der Waals surface area contributed by atoms with Gasteiger partial charge < -0.3 is 16.4 Å². The third-order valence-corrected chi connectivity index (χ3v) is 3.24. The van der Waals surface area contributed by atoms with E-state index in [4.69, 9.17) is 17.3 Å². The molecule has 0 heterocycles. The van der Waals surface area contributed by atoms with E-state index in [1.165, 1.54) is 0 Å². The van der Waals surface area contributed by atoms with Crippen molar-refractivity contribution < 1.29 is 9.59 Å². The van der Waals surface area contributed by atoms with Crippen molar-refractivity contribution in [1.82, 2.24) is 0 Å². The van der Waals surface area contributed by atoms with Gasteiger partial charge in [0.25, 0.3) is 5.91 Å². The molecule has 2 aromatic carbocycles. The summed E-state index contributed by atoms with van der Waals surface area (Å²) < 4.78 is 0. The molecule has 0 saturated carbocycles. The molecule has 0 radical (unpaired) electrons. The largest absolute Gasteiger partial charge is 0.323 e. The molecular formula is C16H16ClN3O2. The molecule has 0 aliphatic heterocycles. The fraction of sp³-hybridized carbons (Fsp3) is 0.125. The SMILES string of the molecule is Cc1ccc(C(=O)Nc2ccc(Cl)cc2NC(=O)CN)cc1. The van der Waals surface area contributed by atoms with E-state index >= 15 is 0 Å². The fourth-order valence-corrected chi connectivity index (χ4v) is 2.00. The molecule has 2 aromatic rings. The molecule has 114 valence electrons. The Balaban J connectivity index is 2.23. The lowest BCUT2D eigenvalue weighted by molar-refractivity contribution is -0.114. The normalized spacial score (nSPS) is 10.1. The van der Waals surface area contributed by atoms with Crippen molar-refractivity contribution in [2.45, 2.75) is 6.92 Å². The van der Waals surface area contributed by atoms with E-state index in [2.05, 4.69) is 10.6 Å². The zero-order valence-electron chi connectivity index (χ0n) is 12.0. The molecule has 0 aliphatic rings. The van der Waals surface area contributed by atoms with Crippen LogP contribution in [0.2, 0.25) is 5.02 Å². The Morgan fingerprint density at radius 2 is 1.73 bits per heavy atom. The Bertz CT molecular complexity index is 699. The van der Waals surface area contributed by atoms with Crippen LogP contribution in [0.4, 0.5) is 11.4 Å². The van der Waals surface area contributed by atoms with Crippen LogP contribution in [0.3, 0.4) is 0 Å². The summed E-state index contributed by atoms with van der Waals surface area (Å²) in [5.74, 6) is -0.640. The first-order valence-electron chi connectivity index (χ1n) is 6.67. The van der Waals surface area contributed by atoms with Crippen molar-refractivity contribution in [3.05, 3.63) is 58.6 Å². The molecule has 4 N–H and O–H groups in total. The number of amides is 2. The van der Waals surface area contributed by atoms with Crippen LogP contribution in [0.15, 0.2) is 42.5 Å². The average molecular weight is 318 g/mol. The van der Waals surface area contributed by atoms with Gasteiger partial charge in [-0.05, 0) is 37.3 Å². The van der Waals surface area contributed by atoms with Crippen LogP contribution >= 0.6 is 11.6 Å². The molecule has 6 heteroatoms. The number of benzene rings is 2. The van der Waals surface area contributed by atoms with Crippen LogP contribution in [0.25, 0.3) is 0 Å². The monoisotopic (exact) mass is 317 g/mol. The number of anilines is 2. The van der Waals surface area contributed by atoms with E-state index in [1.807, 2.05) is 19.1 Å². The maximum atomic E-state index is 12.2. The Morgan fingerprint density at radius 1 is 1.05 bits per heavy atom. The summed E-state index contributed by atoms with van der Waals surface area (Å²) in [6.45, 7) is 1.79. The predicted molar refractivity (Wildman–Crippen MR) is 88.3 cm³/mol. The minimum Gasteiger partial charge on any atom is -0.323 e. The van der Waals surface area contributed by atoms with Gasteiger partial charge in [0.05, 0.1) is 17.9 Å². The Kier molecular flexibility index (Phi) is 5.14. The Morgan fingerprint density at radius 3 is 2.36 bits per heavy atom. The molecule has 0 bridgehead atoms. The highest BCUT2D eigenvalue weighted by Crippen LogP contribution is 2.26. The summed E-state index contributed by atoms with van der Waals surface area (Å²) in [5, 5.41) is 5.80. The molecule has 2 rings (SSSR count). The third-order valence-electron chi connectivity index (χ3n) is 3.00. The molecule has 0 spiro atoms. The summed E-state index contributed by atoms with van der Waals surface area (Å²) in [7, 11) is 0. The highest BCUT2D eigenvalue weighted by atomic mass is 35.5. The maximum absolute atomic E-state index is 12.2. The number of carbonyl (C=O) groups is 2. The summed E-state index contributed by atoms with van der Waals surface area (Å²) in [5.41, 5.74) is 7.74. The molecule has 2 amide bonds. The first-order chi connectivity index (χ1) is 10.5. The zero-order valence-corrected chi connectivity index (χ0v) is 12.8. The number of aryl methyl sites for hydroxylation is 1. The van der Waals surface area contributed by atoms with Crippen LogP contribution < -0.4 is 16.4 Å². The number of hydrogen-bond acceptors (Lipinski definition) is 3. The van der Waals surface area contributed by atoms with Gasteiger partial charge in [0.2, 0.25) is 5.91 Å². The standard InChI is InChI=1S/C16H16ClN3O2/c1-10-2-4-11(5-3-10)16(22)20-13-7-6-12(17)8-14(13)19-15(21)9-18/h2-8H,9,18H2,1H3,(H,19,21)(H,20,22). The van der Waals surface area contributed by atoms with E-state index < -0.39 is 0 Å². The Hall–Kier alpha value is -2.37. The van der Waals surface area contributed by atoms with Crippen LogP contribution in [-0.4, -0.2) is 18.4 Å². The van der Waals surface area contributed by atoms with Gasteiger partial charge in [-0.25, -0.2) is 0 Å². The van der Waals surface area contributed by atoms with E-state index in [0.717, 1.165) is 5.56 Å². The summed E-state index contributed by atoms with van der Waals surface area (Å²) in [6, 6.07) is 12.0. The minimum atomic E-state index is -0.367. The van der Waals surface area contributed by atoms with Gasteiger partial charge in [0.15, 0.2) is 0 Å². The number of halogens is 1. The van der Waals surface area contributed by atoms with Gasteiger partial charge in [-0.2, -0.15) is 0 Å². The van der Waals surface area contributed by atoms with E-state index in [0.29, 0.717) is 22.0 Å². The first-order valence-corrected chi connectivity index (χ1v) is 7.05. The Labute approximate surface area is 133 Å². The fourth-order valence-electron chi connectivity index (χ4n) is 1.83. The molecule has 0 aromatic heterocycles. The molecule has 0 atom stereocenters. The van der Waals surface area contributed by atoms with Crippen molar-refractivity contribution in [3.8, 4) is 0 Å². The van der Waals surface area contributed by atoms with Gasteiger partial charge >= 0.3 is 0 Å². The second-order valence-corrected chi connectivity index (χ2v) is 5.20. The van der Waals surface area contributed by atoms with Crippen molar-refractivity contribution >= 4 is 34.8 Å². The molecule has 0 fully saturated rings. The smallest absolute Gasteiger partial charge is 0.255 e. The lowest BCUT2D eigenvalue weighted by Crippen LogP contribution is -2.23. The number of nitrogens with one attached hydrogen (secondary N) is 2. The lowest BCUT2D eigenvalue weighted by Gasteiger charge is -2.12. The summed E-state index contributed by atoms with van der Waals surface area (Å²) in [6.07, 6.45) is 0. The molecule has 22 heavy (non-hydrogen) atoms. The van der Waals surface area contributed by atoms with Crippen molar-refractivity contribution in [2.24, 2.45) is 5.73 Å². The quantitative estimate of drug-likeness (QED) is 0.810. The van der Waals surface area contributed by atoms with Gasteiger partial charge in [0, 0.05) is 10.6 Å². The number of nitrogens with two attached hydrogens (primary N) is 1. The lowest BCUT2D eigenvalue weighted by atomic mass is 10.1. The van der Waals surface area contributed by atoms with Crippen LogP contribution in [0.1, 0.15) is 15.9 Å². The van der Waals surface area contributed by atoms with Crippen molar-refractivity contribution in [3.63, 3.8) is 0 Å². The highest BCUT2D eigenvalue weighted by Gasteiger charge is 2.11. The van der Waals surface area contributed by atoms with E-state index in [9.17, 15) is 9.59 Å². The van der Waals surface area contributed by atoms with Crippen molar-refractivity contribution in [1.29, 1.82) is 0 Å². The van der Waals surface area contributed by atoms with E-state index in [-0.39, 0.29) is 18.4 Å². The average Bonchev–Trinajstić information content (AvgIpc) is 2.50. The third kappa shape index (κ3) is 4.07. The maximum Gasteiger partial charge on any atom is 0.255 e. The van der Waals surface area contributed by atoms with Gasteiger partial charge in [-0.1, -0.05) is 29.3 Å². The van der Waals surface area contributed by atoms with Crippen LogP contribution in [0.5, 0.6) is 0 Å². The highest BCUT2D eigenvalue weighted by molar-refractivity contribution is 6.31. The molecule has 0 aliphatic carbocycles. The first kappa shape index (κ1) is 16.0. The molecule has 0 saturated heterocycles. The number of rotatable bonds is 4. The predicted octanol–water partition coefficient (Wildman–Crippen LogP) is 2.80. The number of hydrogen-bond donors (Lipinski definition) is 3. The number of carbonyl (C=O) groups excluding carboxylic acids is 2.